The largest absolute Gasteiger partial charge is 0.468 e. The third-order valence-electron chi connectivity index (χ3n) is 2.04. The van der Waals surface area contributed by atoms with Crippen molar-refractivity contribution in [1.29, 1.82) is 0 Å². The molecule has 0 spiro atoms. The summed E-state index contributed by atoms with van der Waals surface area (Å²) in [7, 11) is 1.23. The summed E-state index contributed by atoms with van der Waals surface area (Å²) in [6, 6.07) is 5.65. The lowest BCUT2D eigenvalue weighted by molar-refractivity contribution is -0.146. The molecule has 0 radical (unpaired) electrons. The molecule has 1 atom stereocenters. The Labute approximate surface area is 86.9 Å². The number of rotatable bonds is 4. The summed E-state index contributed by atoms with van der Waals surface area (Å²) in [4.78, 5) is 21.7. The molecule has 0 bridgehead atoms. The molecule has 0 aliphatic carbocycles. The van der Waals surface area contributed by atoms with Crippen LogP contribution in [0.1, 0.15) is 5.56 Å². The van der Waals surface area contributed by atoms with Crippen molar-refractivity contribution in [3.05, 3.63) is 35.6 Å². The molecule has 0 N–H and O–H groups in total. The predicted molar refractivity (Wildman–Crippen MR) is 51.7 cm³/mol. The number of hydrogen-bond donors (Lipinski definition) is 0. The molecule has 0 fully saturated rings. The zero-order chi connectivity index (χ0) is 11.3. The SMILES string of the molecule is COC(=O)C(C=O)Cc1ccc(F)cc1. The van der Waals surface area contributed by atoms with E-state index in [1.807, 2.05) is 0 Å². The smallest absolute Gasteiger partial charge is 0.316 e. The topological polar surface area (TPSA) is 43.4 Å². The summed E-state index contributed by atoms with van der Waals surface area (Å²) < 4.78 is 17.0. The van der Waals surface area contributed by atoms with Crippen LogP contribution in [0.15, 0.2) is 24.3 Å². The normalized spacial score (nSPS) is 11.9. The van der Waals surface area contributed by atoms with E-state index in [0.29, 0.717) is 6.29 Å². The number of carbonyl (C=O) groups is 2. The van der Waals surface area contributed by atoms with E-state index in [9.17, 15) is 14.0 Å². The molecule has 15 heavy (non-hydrogen) atoms. The zero-order valence-electron chi connectivity index (χ0n) is 8.27. The fraction of sp³-hybridized carbons (Fsp3) is 0.273. The summed E-state index contributed by atoms with van der Waals surface area (Å²) in [5, 5.41) is 0. The van der Waals surface area contributed by atoms with E-state index in [-0.39, 0.29) is 12.2 Å². The zero-order valence-corrected chi connectivity index (χ0v) is 8.27. The van der Waals surface area contributed by atoms with E-state index in [0.717, 1.165) is 5.56 Å². The average molecular weight is 210 g/mol. The summed E-state index contributed by atoms with van der Waals surface area (Å²) in [5.74, 6) is -1.74. The molecule has 1 unspecified atom stereocenters. The Morgan fingerprint density at radius 1 is 1.47 bits per heavy atom. The molecule has 1 aromatic carbocycles. The first kappa shape index (κ1) is 11.4. The van der Waals surface area contributed by atoms with Crippen molar-refractivity contribution in [2.45, 2.75) is 6.42 Å². The summed E-state index contributed by atoms with van der Waals surface area (Å²) in [6.07, 6.45) is 0.769. The van der Waals surface area contributed by atoms with Crippen LogP contribution in [-0.2, 0) is 20.7 Å². The third kappa shape index (κ3) is 3.16. The van der Waals surface area contributed by atoms with Gasteiger partial charge in [-0.25, -0.2) is 4.39 Å². The van der Waals surface area contributed by atoms with E-state index < -0.39 is 11.9 Å². The average Bonchev–Trinajstić information content (AvgIpc) is 2.27. The van der Waals surface area contributed by atoms with E-state index in [2.05, 4.69) is 4.74 Å². The fourth-order valence-corrected chi connectivity index (χ4v) is 1.21. The Morgan fingerprint density at radius 2 is 2.07 bits per heavy atom. The molecule has 0 amide bonds. The molecule has 0 heterocycles. The van der Waals surface area contributed by atoms with Crippen LogP contribution in [-0.4, -0.2) is 19.4 Å². The lowest BCUT2D eigenvalue weighted by Gasteiger charge is -2.07. The molecule has 1 rings (SSSR count). The molecule has 1 aromatic rings. The van der Waals surface area contributed by atoms with Crippen LogP contribution in [0.5, 0.6) is 0 Å². The molecule has 0 aliphatic heterocycles. The van der Waals surface area contributed by atoms with Gasteiger partial charge in [-0.2, -0.15) is 0 Å². The van der Waals surface area contributed by atoms with Crippen molar-refractivity contribution in [2.24, 2.45) is 5.92 Å². The van der Waals surface area contributed by atoms with Crippen molar-refractivity contribution in [2.75, 3.05) is 7.11 Å². The van der Waals surface area contributed by atoms with E-state index in [4.69, 9.17) is 0 Å². The van der Waals surface area contributed by atoms with Gasteiger partial charge in [0.15, 0.2) is 0 Å². The van der Waals surface area contributed by atoms with Gasteiger partial charge in [0.1, 0.15) is 18.0 Å². The van der Waals surface area contributed by atoms with Crippen molar-refractivity contribution in [3.63, 3.8) is 0 Å². The highest BCUT2D eigenvalue weighted by Gasteiger charge is 2.18. The number of ether oxygens (including phenoxy) is 1. The lowest BCUT2D eigenvalue weighted by atomic mass is 10.0. The van der Waals surface area contributed by atoms with Gasteiger partial charge in [0.2, 0.25) is 0 Å². The van der Waals surface area contributed by atoms with Crippen molar-refractivity contribution < 1.29 is 18.7 Å². The number of hydrogen-bond acceptors (Lipinski definition) is 3. The monoisotopic (exact) mass is 210 g/mol. The minimum absolute atomic E-state index is 0.233. The van der Waals surface area contributed by atoms with Crippen molar-refractivity contribution >= 4 is 12.3 Å². The minimum atomic E-state index is -0.819. The molecule has 0 saturated carbocycles. The Hall–Kier alpha value is -1.71. The third-order valence-corrected chi connectivity index (χ3v) is 2.04. The van der Waals surface area contributed by atoms with Gasteiger partial charge in [-0.05, 0) is 24.1 Å². The van der Waals surface area contributed by atoms with Gasteiger partial charge in [-0.3, -0.25) is 4.79 Å². The van der Waals surface area contributed by atoms with Crippen molar-refractivity contribution in [1.82, 2.24) is 0 Å². The van der Waals surface area contributed by atoms with Crippen LogP contribution >= 0.6 is 0 Å². The highest BCUT2D eigenvalue weighted by atomic mass is 19.1. The molecular formula is C11H11FO3. The van der Waals surface area contributed by atoms with Crippen LogP contribution in [0.3, 0.4) is 0 Å². The highest BCUT2D eigenvalue weighted by Crippen LogP contribution is 2.09. The first-order valence-corrected chi connectivity index (χ1v) is 4.45. The molecule has 4 heteroatoms. The second-order valence-corrected chi connectivity index (χ2v) is 3.10. The van der Waals surface area contributed by atoms with E-state index in [1.165, 1.54) is 31.4 Å². The van der Waals surface area contributed by atoms with Crippen LogP contribution in [0.2, 0.25) is 0 Å². The Bertz CT molecular complexity index is 345. The van der Waals surface area contributed by atoms with Crippen LogP contribution < -0.4 is 0 Å². The van der Waals surface area contributed by atoms with Crippen LogP contribution in [0, 0.1) is 11.7 Å². The van der Waals surface area contributed by atoms with Gasteiger partial charge in [-0.1, -0.05) is 12.1 Å². The van der Waals surface area contributed by atoms with Gasteiger partial charge in [0, 0.05) is 0 Å². The quantitative estimate of drug-likeness (QED) is 0.428. The molecule has 0 saturated heterocycles. The number of methoxy groups -OCH3 is 1. The standard InChI is InChI=1S/C11H11FO3/c1-15-11(14)9(7-13)6-8-2-4-10(12)5-3-8/h2-5,7,9H,6H2,1H3. The summed E-state index contributed by atoms with van der Waals surface area (Å²) in [5.41, 5.74) is 0.721. The maximum absolute atomic E-state index is 12.6. The maximum atomic E-state index is 12.6. The summed E-state index contributed by atoms with van der Waals surface area (Å²) >= 11 is 0. The van der Waals surface area contributed by atoms with Crippen LogP contribution in [0.4, 0.5) is 4.39 Å². The number of halogens is 1. The summed E-state index contributed by atoms with van der Waals surface area (Å²) in [6.45, 7) is 0. The van der Waals surface area contributed by atoms with E-state index in [1.54, 1.807) is 0 Å². The van der Waals surface area contributed by atoms with Crippen LogP contribution in [0.25, 0.3) is 0 Å². The first-order valence-electron chi connectivity index (χ1n) is 4.45. The first-order chi connectivity index (χ1) is 7.17. The Kier molecular flexibility index (Phi) is 3.97. The van der Waals surface area contributed by atoms with Gasteiger partial charge in [0.05, 0.1) is 7.11 Å². The van der Waals surface area contributed by atoms with Gasteiger partial charge >= 0.3 is 5.97 Å². The number of esters is 1. The fourth-order valence-electron chi connectivity index (χ4n) is 1.21. The molecular weight excluding hydrogens is 199 g/mol. The van der Waals surface area contributed by atoms with Gasteiger partial charge < -0.3 is 9.53 Å². The second-order valence-electron chi connectivity index (χ2n) is 3.10. The lowest BCUT2D eigenvalue weighted by Crippen LogP contribution is -2.19. The maximum Gasteiger partial charge on any atom is 0.316 e. The number of aldehydes is 1. The molecule has 3 nitrogen and oxygen atoms in total. The molecule has 0 aliphatic rings. The Morgan fingerprint density at radius 3 is 2.53 bits per heavy atom. The Balaban J connectivity index is 2.71. The number of carbonyl (C=O) groups excluding carboxylic acids is 2. The minimum Gasteiger partial charge on any atom is -0.468 e. The van der Waals surface area contributed by atoms with Crippen molar-refractivity contribution in [3.8, 4) is 0 Å². The number of benzene rings is 1. The second kappa shape index (κ2) is 5.24. The predicted octanol–water partition coefficient (Wildman–Crippen LogP) is 1.36. The van der Waals surface area contributed by atoms with E-state index >= 15 is 0 Å². The van der Waals surface area contributed by atoms with Gasteiger partial charge in [0.25, 0.3) is 0 Å². The highest BCUT2D eigenvalue weighted by molar-refractivity contribution is 5.87. The molecule has 0 aromatic heterocycles. The van der Waals surface area contributed by atoms with Gasteiger partial charge in [-0.15, -0.1) is 0 Å². The molecule has 80 valence electrons.